The minimum Gasteiger partial charge on any atom is -0.293 e. The van der Waals surface area contributed by atoms with Gasteiger partial charge in [-0.3, -0.25) is 4.79 Å². The first-order chi connectivity index (χ1) is 4.83. The zero-order chi connectivity index (χ0) is 7.40. The van der Waals surface area contributed by atoms with Gasteiger partial charge in [-0.15, -0.1) is 0 Å². The van der Waals surface area contributed by atoms with E-state index in [2.05, 4.69) is 17.1 Å². The van der Waals surface area contributed by atoms with E-state index in [1.165, 1.54) is 6.21 Å². The molecule has 0 fully saturated rings. The van der Waals surface area contributed by atoms with Crippen molar-refractivity contribution in [3.63, 3.8) is 0 Å². The first-order valence-electron chi connectivity index (χ1n) is 3.44. The Balaban J connectivity index is 2.53. The van der Waals surface area contributed by atoms with Gasteiger partial charge in [0.2, 0.25) is 0 Å². The topological polar surface area (TPSA) is 41.8 Å². The molecule has 0 unspecified atom stereocenters. The van der Waals surface area contributed by atoms with Gasteiger partial charge in [0.1, 0.15) is 0 Å². The number of carbonyl (C=O) groups is 1. The van der Waals surface area contributed by atoms with E-state index in [0.29, 0.717) is 6.42 Å². The summed E-state index contributed by atoms with van der Waals surface area (Å²) in [5.41, 5.74) is 0.912. The highest BCUT2D eigenvalue weighted by atomic mass is 16.1. The lowest BCUT2D eigenvalue weighted by Crippen LogP contribution is -2.11. The number of ketones is 1. The van der Waals surface area contributed by atoms with Gasteiger partial charge in [-0.25, -0.2) is 0 Å². The smallest absolute Gasteiger partial charge is 0.181 e. The Morgan fingerprint density at radius 2 is 2.50 bits per heavy atom. The molecule has 0 bridgehead atoms. The zero-order valence-electron chi connectivity index (χ0n) is 6.00. The van der Waals surface area contributed by atoms with E-state index in [1.807, 2.05) is 0 Å². The van der Waals surface area contributed by atoms with Crippen LogP contribution >= 0.6 is 0 Å². The lowest BCUT2D eigenvalue weighted by Gasteiger charge is -2.02. The van der Waals surface area contributed by atoms with Gasteiger partial charge >= 0.3 is 0 Å². The molecule has 1 rings (SSSR count). The average Bonchev–Trinajstić information content (AvgIpc) is 1.88. The third kappa shape index (κ3) is 1.76. The third-order valence-corrected chi connectivity index (χ3v) is 1.32. The maximum absolute atomic E-state index is 10.7. The van der Waals surface area contributed by atoms with Crippen LogP contribution in [-0.4, -0.2) is 17.7 Å². The molecule has 0 radical (unpaired) electrons. The van der Waals surface area contributed by atoms with Crippen molar-refractivity contribution in [1.82, 2.24) is 0 Å². The molecule has 0 atom stereocenters. The van der Waals surface area contributed by atoms with Crippen LogP contribution in [0.5, 0.6) is 0 Å². The monoisotopic (exact) mass is 138 g/mol. The van der Waals surface area contributed by atoms with E-state index in [0.717, 1.165) is 18.6 Å². The molecule has 1 heterocycles. The Labute approximate surface area is 59.8 Å². The summed E-state index contributed by atoms with van der Waals surface area (Å²) in [6, 6.07) is 0. The first-order valence-corrected chi connectivity index (χ1v) is 3.44. The molecule has 0 N–H and O–H groups in total. The van der Waals surface area contributed by atoms with Crippen LogP contribution in [0.4, 0.5) is 0 Å². The predicted octanol–water partition coefficient (Wildman–Crippen LogP) is 1.19. The quantitative estimate of drug-likeness (QED) is 0.565. The predicted molar refractivity (Wildman–Crippen MR) is 40.5 cm³/mol. The van der Waals surface area contributed by atoms with Gasteiger partial charge in [0.05, 0.1) is 12.6 Å². The maximum Gasteiger partial charge on any atom is 0.181 e. The van der Waals surface area contributed by atoms with E-state index in [4.69, 9.17) is 0 Å². The highest BCUT2D eigenvalue weighted by Crippen LogP contribution is 2.01. The van der Waals surface area contributed by atoms with Crippen LogP contribution in [-0.2, 0) is 4.79 Å². The normalized spacial score (nSPS) is 17.3. The summed E-state index contributed by atoms with van der Waals surface area (Å²) in [6.07, 6.45) is 3.67. The highest BCUT2D eigenvalue weighted by molar-refractivity contribution is 6.33. The number of hydrogen-bond acceptors (Lipinski definition) is 3. The maximum atomic E-state index is 10.7. The second-order valence-electron chi connectivity index (χ2n) is 2.30. The molecule has 0 saturated heterocycles. The van der Waals surface area contributed by atoms with Crippen molar-refractivity contribution in [3.05, 3.63) is 0 Å². The van der Waals surface area contributed by atoms with Crippen molar-refractivity contribution in [3.8, 4) is 0 Å². The van der Waals surface area contributed by atoms with Gasteiger partial charge in [-0.1, -0.05) is 13.3 Å². The molecular formula is C7H10N2O. The van der Waals surface area contributed by atoms with Gasteiger partial charge in [0.15, 0.2) is 5.78 Å². The summed E-state index contributed by atoms with van der Waals surface area (Å²) in [4.78, 5) is 10.7. The molecule has 0 saturated carbocycles. The molecule has 10 heavy (non-hydrogen) atoms. The Hall–Kier alpha value is -0.990. The first kappa shape index (κ1) is 7.12. The molecule has 0 aromatic carbocycles. The molecule has 3 nitrogen and oxygen atoms in total. The van der Waals surface area contributed by atoms with E-state index >= 15 is 0 Å². The Bertz CT molecular complexity index is 194. The van der Waals surface area contributed by atoms with E-state index in [9.17, 15) is 4.79 Å². The van der Waals surface area contributed by atoms with Crippen LogP contribution in [0.1, 0.15) is 26.2 Å². The number of rotatable bonds is 2. The molecule has 3 heteroatoms. The van der Waals surface area contributed by atoms with E-state index in [1.54, 1.807) is 0 Å². The fraction of sp³-hybridized carbons (Fsp3) is 0.571. The van der Waals surface area contributed by atoms with Gasteiger partial charge in [0.25, 0.3) is 0 Å². The average molecular weight is 138 g/mol. The van der Waals surface area contributed by atoms with Gasteiger partial charge in [-0.05, 0) is 6.42 Å². The van der Waals surface area contributed by atoms with Crippen molar-refractivity contribution in [2.24, 2.45) is 10.2 Å². The van der Waals surface area contributed by atoms with Crippen LogP contribution < -0.4 is 0 Å². The summed E-state index contributed by atoms with van der Waals surface area (Å²) in [5, 5.41) is 7.41. The van der Waals surface area contributed by atoms with E-state index in [-0.39, 0.29) is 5.78 Å². The fourth-order valence-corrected chi connectivity index (χ4v) is 0.884. The van der Waals surface area contributed by atoms with Gasteiger partial charge in [-0.2, -0.15) is 10.2 Å². The summed E-state index contributed by atoms with van der Waals surface area (Å²) < 4.78 is 0. The molecule has 1 aliphatic heterocycles. The van der Waals surface area contributed by atoms with Crippen molar-refractivity contribution >= 4 is 17.7 Å². The molecule has 0 amide bonds. The summed E-state index contributed by atoms with van der Waals surface area (Å²) >= 11 is 0. The summed E-state index contributed by atoms with van der Waals surface area (Å²) in [5.74, 6) is 0.0680. The molecular weight excluding hydrogens is 128 g/mol. The fourth-order valence-electron chi connectivity index (χ4n) is 0.884. The SMILES string of the molecule is CCCC1=NN=CC(=O)C1. The van der Waals surface area contributed by atoms with Gasteiger partial charge in [0, 0.05) is 5.71 Å². The molecule has 0 aliphatic carbocycles. The number of carbonyl (C=O) groups excluding carboxylic acids is 1. The van der Waals surface area contributed by atoms with Crippen LogP contribution in [0, 0.1) is 0 Å². The largest absolute Gasteiger partial charge is 0.293 e. The van der Waals surface area contributed by atoms with E-state index < -0.39 is 0 Å². The minimum atomic E-state index is 0.0680. The zero-order valence-corrected chi connectivity index (χ0v) is 6.00. The van der Waals surface area contributed by atoms with Crippen LogP contribution in [0.15, 0.2) is 10.2 Å². The van der Waals surface area contributed by atoms with Gasteiger partial charge < -0.3 is 0 Å². The Morgan fingerprint density at radius 1 is 1.70 bits per heavy atom. The summed E-state index contributed by atoms with van der Waals surface area (Å²) in [7, 11) is 0. The lowest BCUT2D eigenvalue weighted by atomic mass is 10.1. The molecule has 0 aromatic heterocycles. The third-order valence-electron chi connectivity index (χ3n) is 1.32. The Kier molecular flexibility index (Phi) is 2.31. The second kappa shape index (κ2) is 3.25. The van der Waals surface area contributed by atoms with Crippen LogP contribution in [0.25, 0.3) is 0 Å². The standard InChI is InChI=1S/C7H10N2O/c1-2-3-6-4-7(10)5-8-9-6/h5H,2-4H2,1H3. The van der Waals surface area contributed by atoms with Crippen molar-refractivity contribution < 1.29 is 4.79 Å². The minimum absolute atomic E-state index is 0.0680. The van der Waals surface area contributed by atoms with Crippen molar-refractivity contribution in [1.29, 1.82) is 0 Å². The van der Waals surface area contributed by atoms with Crippen LogP contribution in [0.3, 0.4) is 0 Å². The van der Waals surface area contributed by atoms with Crippen molar-refractivity contribution in [2.45, 2.75) is 26.2 Å². The Morgan fingerprint density at radius 3 is 3.10 bits per heavy atom. The number of nitrogens with zero attached hydrogens (tertiary/aromatic N) is 2. The number of Topliss-reactive ketones (excluding diaryl/α,β-unsaturated/α-hetero) is 1. The number of hydrogen-bond donors (Lipinski definition) is 0. The second-order valence-corrected chi connectivity index (χ2v) is 2.30. The summed E-state index contributed by atoms with van der Waals surface area (Å²) in [6.45, 7) is 2.06. The van der Waals surface area contributed by atoms with Crippen LogP contribution in [0.2, 0.25) is 0 Å². The molecule has 1 aliphatic rings. The molecule has 54 valence electrons. The van der Waals surface area contributed by atoms with Crippen molar-refractivity contribution in [2.75, 3.05) is 0 Å². The lowest BCUT2D eigenvalue weighted by molar-refractivity contribution is -0.111. The highest BCUT2D eigenvalue weighted by Gasteiger charge is 2.07. The molecule has 0 aromatic rings. The molecule has 0 spiro atoms.